The highest BCUT2D eigenvalue weighted by atomic mass is 35.5. The highest BCUT2D eigenvalue weighted by Crippen LogP contribution is 2.26. The van der Waals surface area contributed by atoms with E-state index in [1.807, 2.05) is 6.07 Å². The molecule has 0 atom stereocenters. The average molecular weight is 324 g/mol. The number of hydrogen-bond acceptors (Lipinski definition) is 3. The number of fused-ring (bicyclic) bond motifs is 1. The minimum Gasteiger partial charge on any atom is -0.450 e. The van der Waals surface area contributed by atoms with Gasteiger partial charge in [0.2, 0.25) is 0 Å². The number of hydrogen-bond donors (Lipinski definition) is 1. The molecule has 0 spiro atoms. The van der Waals surface area contributed by atoms with E-state index in [4.69, 9.17) is 16.3 Å². The number of piperidine rings is 1. The lowest BCUT2D eigenvalue weighted by Gasteiger charge is -2.31. The summed E-state index contributed by atoms with van der Waals surface area (Å²) in [6, 6.07) is 5.46. The second kappa shape index (κ2) is 6.04. The molecule has 7 heteroatoms. The molecule has 1 N–H and O–H groups in total. The second-order valence-corrected chi connectivity index (χ2v) is 5.82. The largest absolute Gasteiger partial charge is 0.450 e. The van der Waals surface area contributed by atoms with Crippen molar-refractivity contribution >= 4 is 28.7 Å². The molecule has 0 bridgehead atoms. The summed E-state index contributed by atoms with van der Waals surface area (Å²) >= 11 is 5.96. The fraction of sp³-hybridized carbons (Fsp3) is 0.467. The summed E-state index contributed by atoms with van der Waals surface area (Å²) in [5, 5.41) is 0.595. The molecule has 1 aliphatic rings. The predicted molar refractivity (Wildman–Crippen MR) is 84.4 cm³/mol. The quantitative estimate of drug-likeness (QED) is 0.924. The van der Waals surface area contributed by atoms with E-state index in [2.05, 4.69) is 4.98 Å². The molecule has 2 heterocycles. The van der Waals surface area contributed by atoms with Crippen LogP contribution in [-0.2, 0) is 4.74 Å². The lowest BCUT2D eigenvalue weighted by atomic mass is 10.0. The van der Waals surface area contributed by atoms with Crippen molar-refractivity contribution in [3.05, 3.63) is 33.7 Å². The number of ether oxygens (including phenoxy) is 1. The highest BCUT2D eigenvalue weighted by Gasteiger charge is 2.26. The first-order valence-electron chi connectivity index (χ1n) is 7.41. The number of carbonyl (C=O) groups excluding carboxylic acids is 1. The summed E-state index contributed by atoms with van der Waals surface area (Å²) in [4.78, 5) is 28.5. The van der Waals surface area contributed by atoms with E-state index < -0.39 is 0 Å². The standard InChI is InChI=1S/C15H18ClN3O3/c1-2-22-15(21)18-7-5-11(6-8-18)19-13-4-3-10(16)9-12(13)17-14(19)20/h3-4,9,11H,2,5-8H2,1H3,(H,17,20). The Morgan fingerprint density at radius 1 is 1.41 bits per heavy atom. The van der Waals surface area contributed by atoms with Crippen LogP contribution in [0.3, 0.4) is 0 Å². The summed E-state index contributed by atoms with van der Waals surface area (Å²) in [6.07, 6.45) is 1.18. The Bertz CT molecular complexity index is 744. The fourth-order valence-electron chi connectivity index (χ4n) is 2.99. The molecule has 1 amide bonds. The van der Waals surface area contributed by atoms with Gasteiger partial charge in [-0.15, -0.1) is 0 Å². The van der Waals surface area contributed by atoms with Gasteiger partial charge in [0.15, 0.2) is 0 Å². The van der Waals surface area contributed by atoms with E-state index in [0.29, 0.717) is 24.7 Å². The van der Waals surface area contributed by atoms with Gasteiger partial charge in [-0.25, -0.2) is 9.59 Å². The zero-order chi connectivity index (χ0) is 15.7. The van der Waals surface area contributed by atoms with Crippen molar-refractivity contribution in [2.45, 2.75) is 25.8 Å². The van der Waals surface area contributed by atoms with Gasteiger partial charge in [0.25, 0.3) is 0 Å². The van der Waals surface area contributed by atoms with Crippen molar-refractivity contribution in [3.63, 3.8) is 0 Å². The van der Waals surface area contributed by atoms with Crippen molar-refractivity contribution < 1.29 is 9.53 Å². The Balaban J connectivity index is 1.81. The molecule has 2 aromatic rings. The highest BCUT2D eigenvalue weighted by molar-refractivity contribution is 6.31. The fourth-order valence-corrected chi connectivity index (χ4v) is 3.16. The topological polar surface area (TPSA) is 67.3 Å². The number of nitrogens with one attached hydrogen (secondary N) is 1. The third kappa shape index (κ3) is 2.70. The number of benzene rings is 1. The number of aromatic nitrogens is 2. The third-order valence-electron chi connectivity index (χ3n) is 4.03. The summed E-state index contributed by atoms with van der Waals surface area (Å²) < 4.78 is 6.78. The Morgan fingerprint density at radius 3 is 2.82 bits per heavy atom. The third-order valence-corrected chi connectivity index (χ3v) is 4.27. The maximum atomic E-state index is 12.2. The van der Waals surface area contributed by atoms with Crippen LogP contribution in [0, 0.1) is 0 Å². The van der Waals surface area contributed by atoms with E-state index in [-0.39, 0.29) is 17.8 Å². The monoisotopic (exact) mass is 323 g/mol. The first kappa shape index (κ1) is 15.0. The Hall–Kier alpha value is -1.95. The summed E-state index contributed by atoms with van der Waals surface area (Å²) in [6.45, 7) is 3.36. The predicted octanol–water partition coefficient (Wildman–Crippen LogP) is 2.78. The van der Waals surface area contributed by atoms with E-state index >= 15 is 0 Å². The molecule has 1 saturated heterocycles. The number of carbonyl (C=O) groups is 1. The maximum Gasteiger partial charge on any atom is 0.409 e. The summed E-state index contributed by atoms with van der Waals surface area (Å²) in [5.74, 6) is 0. The van der Waals surface area contributed by atoms with Crippen LogP contribution in [0.25, 0.3) is 11.0 Å². The van der Waals surface area contributed by atoms with Crippen molar-refractivity contribution in [3.8, 4) is 0 Å². The van der Waals surface area contributed by atoms with Crippen LogP contribution in [0.2, 0.25) is 5.02 Å². The van der Waals surface area contributed by atoms with Crippen molar-refractivity contribution in [1.29, 1.82) is 0 Å². The van der Waals surface area contributed by atoms with E-state index in [1.165, 1.54) is 0 Å². The van der Waals surface area contributed by atoms with Crippen molar-refractivity contribution in [2.24, 2.45) is 0 Å². The van der Waals surface area contributed by atoms with Gasteiger partial charge in [-0.3, -0.25) is 4.57 Å². The van der Waals surface area contributed by atoms with Gasteiger partial charge in [0.05, 0.1) is 17.6 Å². The molecule has 22 heavy (non-hydrogen) atoms. The number of halogens is 1. The van der Waals surface area contributed by atoms with E-state index in [0.717, 1.165) is 23.9 Å². The van der Waals surface area contributed by atoms with E-state index in [1.54, 1.807) is 28.5 Å². The zero-order valence-electron chi connectivity index (χ0n) is 12.3. The van der Waals surface area contributed by atoms with Gasteiger partial charge in [0, 0.05) is 24.2 Å². The first-order valence-corrected chi connectivity index (χ1v) is 7.79. The van der Waals surface area contributed by atoms with Gasteiger partial charge < -0.3 is 14.6 Å². The van der Waals surface area contributed by atoms with Crippen LogP contribution in [-0.4, -0.2) is 40.2 Å². The number of amides is 1. The van der Waals surface area contributed by atoms with Crippen molar-refractivity contribution in [1.82, 2.24) is 14.5 Å². The zero-order valence-corrected chi connectivity index (χ0v) is 13.1. The Morgan fingerprint density at radius 2 is 2.14 bits per heavy atom. The first-order chi connectivity index (χ1) is 10.6. The van der Waals surface area contributed by atoms with Gasteiger partial charge in [0.1, 0.15) is 0 Å². The SMILES string of the molecule is CCOC(=O)N1CCC(n2c(=O)[nH]c3cc(Cl)ccc32)CC1. The molecule has 0 unspecified atom stereocenters. The molecule has 3 rings (SSSR count). The van der Waals surface area contributed by atoms with Crippen LogP contribution in [0.4, 0.5) is 4.79 Å². The van der Waals surface area contributed by atoms with Crippen LogP contribution < -0.4 is 5.69 Å². The number of H-pyrrole nitrogens is 1. The van der Waals surface area contributed by atoms with Crippen LogP contribution in [0.5, 0.6) is 0 Å². The van der Waals surface area contributed by atoms with Gasteiger partial charge in [-0.1, -0.05) is 11.6 Å². The molecular weight excluding hydrogens is 306 g/mol. The van der Waals surface area contributed by atoms with Gasteiger partial charge in [-0.2, -0.15) is 0 Å². The minimum atomic E-state index is -0.279. The number of likely N-dealkylation sites (tertiary alicyclic amines) is 1. The molecule has 0 radical (unpaired) electrons. The van der Waals surface area contributed by atoms with Crippen LogP contribution >= 0.6 is 11.6 Å². The molecule has 118 valence electrons. The molecule has 6 nitrogen and oxygen atoms in total. The normalized spacial score (nSPS) is 16.2. The minimum absolute atomic E-state index is 0.0769. The average Bonchev–Trinajstić information content (AvgIpc) is 2.82. The van der Waals surface area contributed by atoms with Crippen LogP contribution in [0.15, 0.2) is 23.0 Å². The smallest absolute Gasteiger partial charge is 0.409 e. The molecule has 0 aliphatic carbocycles. The van der Waals surface area contributed by atoms with Gasteiger partial charge >= 0.3 is 11.8 Å². The maximum absolute atomic E-state index is 12.2. The molecule has 1 fully saturated rings. The van der Waals surface area contributed by atoms with Gasteiger partial charge in [-0.05, 0) is 38.0 Å². The number of imidazole rings is 1. The molecule has 1 aliphatic heterocycles. The summed E-state index contributed by atoms with van der Waals surface area (Å²) in [7, 11) is 0. The molecule has 0 saturated carbocycles. The summed E-state index contributed by atoms with van der Waals surface area (Å²) in [5.41, 5.74) is 1.46. The number of rotatable bonds is 2. The lowest BCUT2D eigenvalue weighted by Crippen LogP contribution is -2.40. The van der Waals surface area contributed by atoms with E-state index in [9.17, 15) is 9.59 Å². The Labute approximate surface area is 132 Å². The Kier molecular flexibility index (Phi) is 4.11. The molecule has 1 aromatic carbocycles. The number of aromatic amines is 1. The second-order valence-electron chi connectivity index (χ2n) is 5.38. The van der Waals surface area contributed by atoms with Crippen LogP contribution in [0.1, 0.15) is 25.8 Å². The molecule has 1 aromatic heterocycles. The van der Waals surface area contributed by atoms with Crippen molar-refractivity contribution in [2.75, 3.05) is 19.7 Å². The molecular formula is C15H18ClN3O3. The lowest BCUT2D eigenvalue weighted by molar-refractivity contribution is 0.0928. The number of nitrogens with zero attached hydrogens (tertiary/aromatic N) is 2.